The molecule has 5 heteroatoms. The molecule has 0 fully saturated rings. The summed E-state index contributed by atoms with van der Waals surface area (Å²) in [6.07, 6.45) is 0.968. The van der Waals surface area contributed by atoms with Crippen LogP contribution < -0.4 is 10.1 Å². The molecule has 1 amide bonds. The second-order valence-corrected chi connectivity index (χ2v) is 5.72. The Morgan fingerprint density at radius 2 is 1.76 bits per heavy atom. The molecule has 0 aromatic heterocycles. The summed E-state index contributed by atoms with van der Waals surface area (Å²) in [7, 11) is 1.48. The van der Waals surface area contributed by atoms with Crippen molar-refractivity contribution < 1.29 is 19.1 Å². The molecule has 1 atom stereocenters. The van der Waals surface area contributed by atoms with Gasteiger partial charge in [0, 0.05) is 5.69 Å². The summed E-state index contributed by atoms with van der Waals surface area (Å²) in [5, 5.41) is 2.81. The van der Waals surface area contributed by atoms with E-state index < -0.39 is 5.97 Å². The van der Waals surface area contributed by atoms with Gasteiger partial charge in [0.15, 0.2) is 6.61 Å². The van der Waals surface area contributed by atoms with Gasteiger partial charge < -0.3 is 14.8 Å². The number of nitrogens with one attached hydrogen (secondary N) is 1. The smallest absolute Gasteiger partial charge is 0.342 e. The number of para-hydroxylation sites is 2. The van der Waals surface area contributed by atoms with E-state index in [4.69, 9.17) is 9.47 Å². The van der Waals surface area contributed by atoms with Crippen LogP contribution in [-0.4, -0.2) is 25.6 Å². The van der Waals surface area contributed by atoms with Crippen molar-refractivity contribution in [3.8, 4) is 5.75 Å². The summed E-state index contributed by atoms with van der Waals surface area (Å²) < 4.78 is 10.2. The fraction of sp³-hybridized carbons (Fsp3) is 0.300. The summed E-state index contributed by atoms with van der Waals surface area (Å²) in [5.41, 5.74) is 2.10. The zero-order valence-electron chi connectivity index (χ0n) is 14.7. The van der Waals surface area contributed by atoms with Crippen molar-refractivity contribution in [2.24, 2.45) is 0 Å². The van der Waals surface area contributed by atoms with Crippen LogP contribution in [0.4, 0.5) is 5.69 Å². The van der Waals surface area contributed by atoms with Crippen molar-refractivity contribution in [2.45, 2.75) is 26.2 Å². The van der Waals surface area contributed by atoms with Gasteiger partial charge in [0.05, 0.1) is 7.11 Å². The lowest BCUT2D eigenvalue weighted by Gasteiger charge is -2.15. The molecule has 0 aliphatic carbocycles. The Balaban J connectivity index is 1.99. The lowest BCUT2D eigenvalue weighted by atomic mass is 9.97. The molecule has 0 aliphatic rings. The predicted octanol–water partition coefficient (Wildman–Crippen LogP) is 4.00. The topological polar surface area (TPSA) is 64.6 Å². The van der Waals surface area contributed by atoms with Gasteiger partial charge in [0.1, 0.15) is 11.3 Å². The fourth-order valence-corrected chi connectivity index (χ4v) is 2.47. The minimum atomic E-state index is -0.595. The van der Waals surface area contributed by atoms with Crippen LogP contribution in [0.5, 0.6) is 5.75 Å². The van der Waals surface area contributed by atoms with Crippen LogP contribution in [0.2, 0.25) is 0 Å². The van der Waals surface area contributed by atoms with Crippen LogP contribution in [0.1, 0.15) is 42.1 Å². The van der Waals surface area contributed by atoms with Gasteiger partial charge in [-0.3, -0.25) is 4.79 Å². The maximum Gasteiger partial charge on any atom is 0.342 e. The zero-order valence-corrected chi connectivity index (χ0v) is 14.7. The molecule has 0 unspecified atom stereocenters. The van der Waals surface area contributed by atoms with Crippen LogP contribution in [0.15, 0.2) is 48.5 Å². The van der Waals surface area contributed by atoms with Crippen molar-refractivity contribution in [1.29, 1.82) is 0 Å². The van der Waals surface area contributed by atoms with E-state index in [1.54, 1.807) is 24.3 Å². The molecule has 1 N–H and O–H groups in total. The van der Waals surface area contributed by atoms with Crippen molar-refractivity contribution in [3.05, 3.63) is 59.7 Å². The summed E-state index contributed by atoms with van der Waals surface area (Å²) in [5.74, 6) is -0.232. The molecule has 0 saturated heterocycles. The van der Waals surface area contributed by atoms with Gasteiger partial charge in [0.2, 0.25) is 0 Å². The average molecular weight is 341 g/mol. The number of esters is 1. The van der Waals surface area contributed by atoms with Crippen LogP contribution in [0, 0.1) is 0 Å². The van der Waals surface area contributed by atoms with Gasteiger partial charge in [-0.25, -0.2) is 4.79 Å². The molecule has 0 radical (unpaired) electrons. The number of carbonyl (C=O) groups excluding carboxylic acids is 2. The average Bonchev–Trinajstić information content (AvgIpc) is 2.65. The first kappa shape index (κ1) is 18.5. The molecule has 25 heavy (non-hydrogen) atoms. The van der Waals surface area contributed by atoms with Crippen molar-refractivity contribution in [1.82, 2.24) is 0 Å². The lowest BCUT2D eigenvalue weighted by Crippen LogP contribution is -2.22. The highest BCUT2D eigenvalue weighted by Gasteiger charge is 2.16. The largest absolute Gasteiger partial charge is 0.496 e. The lowest BCUT2D eigenvalue weighted by molar-refractivity contribution is -0.119. The van der Waals surface area contributed by atoms with Gasteiger partial charge in [-0.1, -0.05) is 44.2 Å². The number of hydrogen-bond acceptors (Lipinski definition) is 4. The number of anilines is 1. The van der Waals surface area contributed by atoms with E-state index in [9.17, 15) is 9.59 Å². The molecule has 0 spiro atoms. The molecule has 2 aromatic carbocycles. The highest BCUT2D eigenvalue weighted by atomic mass is 16.5. The molecule has 2 aromatic rings. The number of amides is 1. The highest BCUT2D eigenvalue weighted by molar-refractivity contribution is 5.97. The van der Waals surface area contributed by atoms with Crippen molar-refractivity contribution >= 4 is 17.6 Å². The second kappa shape index (κ2) is 8.87. The monoisotopic (exact) mass is 341 g/mol. The summed E-state index contributed by atoms with van der Waals surface area (Å²) in [6.45, 7) is 3.84. The van der Waals surface area contributed by atoms with Gasteiger partial charge >= 0.3 is 5.97 Å². The summed E-state index contributed by atoms with van der Waals surface area (Å²) >= 11 is 0. The SMILES string of the molecule is CC[C@@H](C)c1ccccc1NC(=O)COC(=O)c1ccccc1OC. The number of rotatable bonds is 7. The molecule has 5 nitrogen and oxygen atoms in total. The quantitative estimate of drug-likeness (QED) is 0.773. The Hall–Kier alpha value is -2.82. The Labute approximate surface area is 148 Å². The molecule has 0 aliphatic heterocycles. The summed E-state index contributed by atoms with van der Waals surface area (Å²) in [4.78, 5) is 24.3. The first-order chi connectivity index (χ1) is 12.1. The van der Waals surface area contributed by atoms with Gasteiger partial charge in [0.25, 0.3) is 5.91 Å². The fourth-order valence-electron chi connectivity index (χ4n) is 2.47. The number of hydrogen-bond donors (Lipinski definition) is 1. The zero-order chi connectivity index (χ0) is 18.2. The van der Waals surface area contributed by atoms with E-state index in [1.165, 1.54) is 7.11 Å². The molecular formula is C20H23NO4. The Morgan fingerprint density at radius 1 is 1.08 bits per heavy atom. The van der Waals surface area contributed by atoms with Gasteiger partial charge in [-0.05, 0) is 36.1 Å². The van der Waals surface area contributed by atoms with Crippen LogP contribution in [0.3, 0.4) is 0 Å². The van der Waals surface area contributed by atoms with E-state index >= 15 is 0 Å². The minimum Gasteiger partial charge on any atom is -0.496 e. The van der Waals surface area contributed by atoms with Crippen molar-refractivity contribution in [3.63, 3.8) is 0 Å². The molecular weight excluding hydrogens is 318 g/mol. The standard InChI is InChI=1S/C20H23NO4/c1-4-14(2)15-9-5-7-11-17(15)21-19(22)13-25-20(23)16-10-6-8-12-18(16)24-3/h5-12,14H,4,13H2,1-3H3,(H,21,22)/t14-/m1/s1. The highest BCUT2D eigenvalue weighted by Crippen LogP contribution is 2.26. The van der Waals surface area contributed by atoms with E-state index in [2.05, 4.69) is 19.2 Å². The third-order valence-electron chi connectivity index (χ3n) is 4.04. The Morgan fingerprint density at radius 3 is 2.48 bits per heavy atom. The normalized spacial score (nSPS) is 11.5. The van der Waals surface area contributed by atoms with Crippen LogP contribution >= 0.6 is 0 Å². The molecule has 2 rings (SSSR count). The Kier molecular flexibility index (Phi) is 6.57. The predicted molar refractivity (Wildman–Crippen MR) is 97.1 cm³/mol. The van der Waals surface area contributed by atoms with Crippen molar-refractivity contribution in [2.75, 3.05) is 19.0 Å². The Bertz CT molecular complexity index is 742. The number of methoxy groups -OCH3 is 1. The van der Waals surface area contributed by atoms with E-state index in [-0.39, 0.29) is 18.1 Å². The number of benzene rings is 2. The van der Waals surface area contributed by atoms with Crippen LogP contribution in [0.25, 0.3) is 0 Å². The number of ether oxygens (including phenoxy) is 2. The van der Waals surface area contributed by atoms with E-state index in [0.29, 0.717) is 11.7 Å². The maximum atomic E-state index is 12.1. The first-order valence-corrected chi connectivity index (χ1v) is 8.25. The maximum absolute atomic E-state index is 12.1. The minimum absolute atomic E-state index is 0.290. The third kappa shape index (κ3) is 4.83. The second-order valence-electron chi connectivity index (χ2n) is 5.72. The molecule has 132 valence electrons. The molecule has 0 bridgehead atoms. The van der Waals surface area contributed by atoms with Gasteiger partial charge in [-0.15, -0.1) is 0 Å². The molecule has 0 saturated carbocycles. The third-order valence-corrected chi connectivity index (χ3v) is 4.04. The summed E-state index contributed by atoms with van der Waals surface area (Å²) in [6, 6.07) is 14.4. The van der Waals surface area contributed by atoms with E-state index in [1.807, 2.05) is 24.3 Å². The molecule has 0 heterocycles. The number of carbonyl (C=O) groups is 2. The first-order valence-electron chi connectivity index (χ1n) is 8.25. The van der Waals surface area contributed by atoms with E-state index in [0.717, 1.165) is 17.7 Å². The van der Waals surface area contributed by atoms with Crippen LogP contribution in [-0.2, 0) is 9.53 Å². The van der Waals surface area contributed by atoms with Gasteiger partial charge in [-0.2, -0.15) is 0 Å².